The molecule has 0 amide bonds. The van der Waals surface area contributed by atoms with E-state index in [1.54, 1.807) is 15.9 Å². The Morgan fingerprint density at radius 2 is 1.21 bits per heavy atom. The van der Waals surface area contributed by atoms with Gasteiger partial charge in [0.05, 0.1) is 8.07 Å². The molecule has 0 radical (unpaired) electrons. The largest absolute Gasteiger partial charge is 0.128 e. The third-order valence-corrected chi connectivity index (χ3v) is 15.2. The quantitative estimate of drug-likeness (QED) is 0.526. The van der Waals surface area contributed by atoms with Crippen molar-refractivity contribution in [1.82, 2.24) is 0 Å². The van der Waals surface area contributed by atoms with Gasteiger partial charge in [-0.05, 0) is 40.2 Å². The zero-order chi connectivity index (χ0) is 21.8. The molecule has 0 aliphatic heterocycles. The van der Waals surface area contributed by atoms with E-state index in [9.17, 15) is 0 Å². The molecule has 0 fully saturated rings. The van der Waals surface area contributed by atoms with Gasteiger partial charge in [0.1, 0.15) is 8.07 Å². The van der Waals surface area contributed by atoms with Crippen molar-refractivity contribution in [2.24, 2.45) is 0 Å². The summed E-state index contributed by atoms with van der Waals surface area (Å²) in [6.07, 6.45) is 2.58. The van der Waals surface area contributed by atoms with Crippen LogP contribution in [0, 0.1) is 13.8 Å². The van der Waals surface area contributed by atoms with Crippen LogP contribution in [-0.4, -0.2) is 16.1 Å². The monoisotopic (exact) mass is 418 g/mol. The molecule has 0 saturated carbocycles. The van der Waals surface area contributed by atoms with Crippen LogP contribution in [0.15, 0.2) is 65.3 Å². The molecule has 2 aromatic carbocycles. The molecule has 0 spiro atoms. The van der Waals surface area contributed by atoms with Crippen molar-refractivity contribution in [3.63, 3.8) is 0 Å². The molecule has 0 saturated heterocycles. The van der Waals surface area contributed by atoms with Crippen molar-refractivity contribution in [3.8, 4) is 0 Å². The fourth-order valence-electron chi connectivity index (χ4n) is 5.01. The fourth-order valence-corrected chi connectivity index (χ4v) is 11.2. The van der Waals surface area contributed by atoms with E-state index in [4.69, 9.17) is 0 Å². The summed E-state index contributed by atoms with van der Waals surface area (Å²) in [5.41, 5.74) is 7.24. The molecule has 2 heteroatoms. The molecule has 29 heavy (non-hydrogen) atoms. The fraction of sp³-hybridized carbons (Fsp3) is 0.407. The van der Waals surface area contributed by atoms with Gasteiger partial charge in [0, 0.05) is 5.04 Å². The Hall–Kier alpha value is -1.65. The highest BCUT2D eigenvalue weighted by atomic mass is 28.3. The van der Waals surface area contributed by atoms with E-state index in [2.05, 4.69) is 116 Å². The van der Waals surface area contributed by atoms with Crippen LogP contribution in [0.4, 0.5) is 0 Å². The highest BCUT2D eigenvalue weighted by molar-refractivity contribution is 7.04. The van der Waals surface area contributed by atoms with Crippen LogP contribution in [-0.2, 0) is 0 Å². The van der Waals surface area contributed by atoms with Gasteiger partial charge in [-0.2, -0.15) is 0 Å². The van der Waals surface area contributed by atoms with Crippen molar-refractivity contribution in [1.29, 1.82) is 0 Å². The van der Waals surface area contributed by atoms with E-state index < -0.39 is 16.1 Å². The van der Waals surface area contributed by atoms with Crippen molar-refractivity contribution in [2.75, 3.05) is 0 Å². The van der Waals surface area contributed by atoms with Crippen LogP contribution < -0.4 is 15.6 Å². The van der Waals surface area contributed by atoms with Gasteiger partial charge >= 0.3 is 0 Å². The summed E-state index contributed by atoms with van der Waals surface area (Å²) in [5.74, 6) is 0. The molecule has 2 aromatic rings. The maximum absolute atomic E-state index is 2.60. The molecule has 0 heterocycles. The Labute approximate surface area is 180 Å². The second-order valence-corrected chi connectivity index (χ2v) is 20.1. The van der Waals surface area contributed by atoms with E-state index in [1.807, 2.05) is 0 Å². The van der Waals surface area contributed by atoms with Gasteiger partial charge in [0.2, 0.25) is 0 Å². The first-order valence-corrected chi connectivity index (χ1v) is 16.9. The Morgan fingerprint density at radius 3 is 1.69 bits per heavy atom. The summed E-state index contributed by atoms with van der Waals surface area (Å²) < 4.78 is 0. The number of allylic oxidation sites excluding steroid dienone is 4. The van der Waals surface area contributed by atoms with E-state index in [-0.39, 0.29) is 5.04 Å². The number of rotatable bonds is 4. The van der Waals surface area contributed by atoms with E-state index in [0.717, 1.165) is 0 Å². The topological polar surface area (TPSA) is 0 Å². The van der Waals surface area contributed by atoms with Crippen molar-refractivity contribution >= 4 is 31.7 Å². The van der Waals surface area contributed by atoms with Gasteiger partial charge in [-0.15, -0.1) is 0 Å². The lowest BCUT2D eigenvalue weighted by Crippen LogP contribution is -2.64. The first-order valence-electron chi connectivity index (χ1n) is 10.9. The minimum atomic E-state index is -2.12. The Morgan fingerprint density at radius 1 is 0.655 bits per heavy atom. The van der Waals surface area contributed by atoms with Crippen LogP contribution in [0.5, 0.6) is 0 Å². The summed E-state index contributed by atoms with van der Waals surface area (Å²) in [7, 11) is -3.51. The Kier molecular flexibility index (Phi) is 5.51. The standard InChI is InChI=1S/C27H38Si2/c1-19-11-13-24(14-12-19)29(10,27(6)18-21(3)22(4)23(27)5)26-16-20(2)15-25(17-26)28(7,8)9/h11-18H,1-10H3. The molecule has 0 N–H and O–H groups in total. The second-order valence-electron chi connectivity index (χ2n) is 10.6. The third kappa shape index (κ3) is 3.55. The van der Waals surface area contributed by atoms with Gasteiger partial charge < -0.3 is 0 Å². The number of hydrogen-bond acceptors (Lipinski definition) is 0. The molecule has 2 atom stereocenters. The summed E-state index contributed by atoms with van der Waals surface area (Å²) in [4.78, 5) is 0. The van der Waals surface area contributed by atoms with Crippen LogP contribution in [0.25, 0.3) is 0 Å². The Bertz CT molecular complexity index is 1000. The maximum atomic E-state index is 2.60. The zero-order valence-corrected chi connectivity index (χ0v) is 22.1. The molecule has 2 unspecified atom stereocenters. The number of benzene rings is 2. The predicted molar refractivity (Wildman–Crippen MR) is 137 cm³/mol. The summed E-state index contributed by atoms with van der Waals surface area (Å²) in [6, 6.07) is 16.9. The molecular formula is C27H38Si2. The summed E-state index contributed by atoms with van der Waals surface area (Å²) in [6.45, 7) is 23.9. The van der Waals surface area contributed by atoms with Gasteiger partial charge in [-0.3, -0.25) is 0 Å². The van der Waals surface area contributed by atoms with Crippen LogP contribution in [0.1, 0.15) is 38.8 Å². The molecule has 3 rings (SSSR count). The van der Waals surface area contributed by atoms with Crippen LogP contribution in [0.2, 0.25) is 31.2 Å². The first kappa shape index (κ1) is 22.0. The summed E-state index contributed by atoms with van der Waals surface area (Å²) in [5, 5.41) is 4.79. The minimum absolute atomic E-state index is 0.0843. The van der Waals surface area contributed by atoms with Gasteiger partial charge in [-0.25, -0.2) is 0 Å². The third-order valence-electron chi connectivity index (χ3n) is 7.63. The highest BCUT2D eigenvalue weighted by Crippen LogP contribution is 2.52. The van der Waals surface area contributed by atoms with Crippen molar-refractivity contribution in [3.05, 3.63) is 76.4 Å². The normalized spacial score (nSPS) is 21.9. The van der Waals surface area contributed by atoms with Crippen LogP contribution in [0.3, 0.4) is 0 Å². The Balaban J connectivity index is 2.38. The highest BCUT2D eigenvalue weighted by Gasteiger charge is 2.51. The van der Waals surface area contributed by atoms with Gasteiger partial charge in [0.15, 0.2) is 0 Å². The van der Waals surface area contributed by atoms with Crippen molar-refractivity contribution < 1.29 is 0 Å². The smallest absolute Gasteiger partial charge is 0.0733 e. The molecule has 154 valence electrons. The van der Waals surface area contributed by atoms with E-state index in [0.29, 0.717) is 0 Å². The minimum Gasteiger partial charge on any atom is -0.0733 e. The molecule has 0 aromatic heterocycles. The average molecular weight is 419 g/mol. The molecule has 1 aliphatic carbocycles. The SMILES string of the molecule is CC1=CC(C)([Si](C)(c2ccc(C)cc2)c2cc(C)cc([Si](C)(C)C)c2)C(C)=C1C. The van der Waals surface area contributed by atoms with Crippen molar-refractivity contribution in [2.45, 2.75) is 72.8 Å². The first-order chi connectivity index (χ1) is 13.3. The zero-order valence-electron chi connectivity index (χ0n) is 20.1. The molecule has 0 bridgehead atoms. The number of aryl methyl sites for hydroxylation is 2. The number of hydrogen-bond donors (Lipinski definition) is 0. The average Bonchev–Trinajstić information content (AvgIpc) is 2.84. The maximum Gasteiger partial charge on any atom is 0.128 e. The molecule has 1 aliphatic rings. The predicted octanol–water partition coefficient (Wildman–Crippen LogP) is 6.10. The van der Waals surface area contributed by atoms with Gasteiger partial charge in [-0.1, -0.05) is 119 Å². The summed E-state index contributed by atoms with van der Waals surface area (Å²) >= 11 is 0. The van der Waals surface area contributed by atoms with E-state index >= 15 is 0 Å². The molecular weight excluding hydrogens is 380 g/mol. The van der Waals surface area contributed by atoms with E-state index in [1.165, 1.54) is 27.5 Å². The lowest BCUT2D eigenvalue weighted by Gasteiger charge is -2.44. The van der Waals surface area contributed by atoms with Crippen LogP contribution >= 0.6 is 0 Å². The van der Waals surface area contributed by atoms with Gasteiger partial charge in [0.25, 0.3) is 0 Å². The second kappa shape index (κ2) is 7.25. The lowest BCUT2D eigenvalue weighted by molar-refractivity contribution is 0.865. The molecule has 0 nitrogen and oxygen atoms in total. The lowest BCUT2D eigenvalue weighted by atomic mass is 10.0.